The molecule has 1 atom stereocenters. The second-order valence-corrected chi connectivity index (χ2v) is 6.11. The zero-order chi connectivity index (χ0) is 16.8. The molecule has 2 N–H and O–H groups in total. The van der Waals surface area contributed by atoms with E-state index in [1.165, 1.54) is 0 Å². The summed E-state index contributed by atoms with van der Waals surface area (Å²) >= 11 is 0. The number of nitrogens with one attached hydrogen (secondary N) is 1. The van der Waals surface area contributed by atoms with E-state index in [2.05, 4.69) is 20.3 Å². The molecule has 0 radical (unpaired) electrons. The lowest BCUT2D eigenvalue weighted by atomic mass is 9.93. The minimum Gasteiger partial charge on any atom is -0.386 e. The molecule has 2 aromatic heterocycles. The first kappa shape index (κ1) is 16.3. The number of rotatable bonds is 5. The standard InChI is InChI=1S/C17H21N5O2/c23-15(10-14-4-1-6-18-11-14)21-12-17(24)5-2-9-22(13-17)16-19-7-3-8-20-16/h1,3-4,6-8,11,24H,2,5,9-10,12-13H2,(H,21,23). The second-order valence-electron chi connectivity index (χ2n) is 6.11. The Morgan fingerprint density at radius 3 is 2.88 bits per heavy atom. The van der Waals surface area contributed by atoms with Gasteiger partial charge in [0.05, 0.1) is 18.6 Å². The number of pyridine rings is 1. The number of aromatic nitrogens is 3. The highest BCUT2D eigenvalue weighted by Crippen LogP contribution is 2.23. The van der Waals surface area contributed by atoms with Crippen LogP contribution in [0.15, 0.2) is 43.0 Å². The van der Waals surface area contributed by atoms with Crippen molar-refractivity contribution >= 4 is 11.9 Å². The van der Waals surface area contributed by atoms with Gasteiger partial charge in [-0.2, -0.15) is 0 Å². The number of β-amino-alcohol motifs (C(OH)–C–C–N with tert-alkyl or cyclic N) is 1. The van der Waals surface area contributed by atoms with Crippen molar-refractivity contribution in [2.45, 2.75) is 24.9 Å². The summed E-state index contributed by atoms with van der Waals surface area (Å²) in [7, 11) is 0. The Hall–Kier alpha value is -2.54. The number of nitrogens with zero attached hydrogens (tertiary/aromatic N) is 4. The number of piperidine rings is 1. The monoisotopic (exact) mass is 327 g/mol. The van der Waals surface area contributed by atoms with Crippen LogP contribution in [0.4, 0.5) is 5.95 Å². The first-order valence-electron chi connectivity index (χ1n) is 8.05. The molecule has 7 nitrogen and oxygen atoms in total. The lowest BCUT2D eigenvalue weighted by Gasteiger charge is -2.39. The number of amides is 1. The van der Waals surface area contributed by atoms with Crippen LogP contribution in [0.1, 0.15) is 18.4 Å². The lowest BCUT2D eigenvalue weighted by molar-refractivity contribution is -0.121. The Morgan fingerprint density at radius 2 is 2.12 bits per heavy atom. The highest BCUT2D eigenvalue weighted by atomic mass is 16.3. The second kappa shape index (κ2) is 7.35. The van der Waals surface area contributed by atoms with E-state index in [1.54, 1.807) is 36.9 Å². The summed E-state index contributed by atoms with van der Waals surface area (Å²) in [5.74, 6) is 0.488. The molecule has 7 heteroatoms. The Balaban J connectivity index is 1.54. The van der Waals surface area contributed by atoms with E-state index in [-0.39, 0.29) is 18.9 Å². The molecule has 126 valence electrons. The van der Waals surface area contributed by atoms with Gasteiger partial charge in [-0.05, 0) is 30.5 Å². The van der Waals surface area contributed by atoms with Crippen molar-refractivity contribution in [3.8, 4) is 0 Å². The molecule has 1 aliphatic heterocycles. The number of aliphatic hydroxyl groups is 1. The van der Waals surface area contributed by atoms with Gasteiger partial charge in [-0.1, -0.05) is 6.07 Å². The van der Waals surface area contributed by atoms with Gasteiger partial charge in [-0.15, -0.1) is 0 Å². The first-order chi connectivity index (χ1) is 11.6. The van der Waals surface area contributed by atoms with Crippen LogP contribution >= 0.6 is 0 Å². The van der Waals surface area contributed by atoms with Crippen LogP contribution in [-0.4, -0.2) is 51.2 Å². The highest BCUT2D eigenvalue weighted by molar-refractivity contribution is 5.78. The molecule has 24 heavy (non-hydrogen) atoms. The predicted molar refractivity (Wildman–Crippen MR) is 89.4 cm³/mol. The molecule has 1 unspecified atom stereocenters. The van der Waals surface area contributed by atoms with Crippen molar-refractivity contribution in [3.05, 3.63) is 48.5 Å². The number of anilines is 1. The van der Waals surface area contributed by atoms with Gasteiger partial charge in [-0.3, -0.25) is 9.78 Å². The molecule has 0 aromatic carbocycles. The van der Waals surface area contributed by atoms with Crippen molar-refractivity contribution in [1.82, 2.24) is 20.3 Å². The molecule has 3 heterocycles. The van der Waals surface area contributed by atoms with Crippen LogP contribution < -0.4 is 10.2 Å². The minimum atomic E-state index is -0.970. The Bertz CT molecular complexity index is 667. The third kappa shape index (κ3) is 4.26. The molecule has 1 aliphatic rings. The van der Waals surface area contributed by atoms with E-state index in [4.69, 9.17) is 0 Å². The van der Waals surface area contributed by atoms with Crippen LogP contribution in [0.5, 0.6) is 0 Å². The lowest BCUT2D eigenvalue weighted by Crippen LogP contribution is -2.54. The molecular weight excluding hydrogens is 306 g/mol. The molecule has 1 amide bonds. The van der Waals surface area contributed by atoms with Gasteiger partial charge in [0, 0.05) is 37.9 Å². The summed E-state index contributed by atoms with van der Waals surface area (Å²) in [4.78, 5) is 26.5. The van der Waals surface area contributed by atoms with Gasteiger partial charge in [0.25, 0.3) is 0 Å². The molecule has 3 rings (SSSR count). The van der Waals surface area contributed by atoms with E-state index in [9.17, 15) is 9.90 Å². The van der Waals surface area contributed by atoms with Gasteiger partial charge in [-0.25, -0.2) is 9.97 Å². The van der Waals surface area contributed by atoms with Crippen molar-refractivity contribution < 1.29 is 9.90 Å². The predicted octanol–water partition coefficient (Wildman–Crippen LogP) is 0.562. The average Bonchev–Trinajstić information content (AvgIpc) is 2.62. The Labute approximate surface area is 140 Å². The largest absolute Gasteiger partial charge is 0.386 e. The van der Waals surface area contributed by atoms with E-state index in [0.717, 1.165) is 18.5 Å². The zero-order valence-electron chi connectivity index (χ0n) is 13.4. The molecular formula is C17H21N5O2. The maximum atomic E-state index is 12.1. The maximum Gasteiger partial charge on any atom is 0.225 e. The zero-order valence-corrected chi connectivity index (χ0v) is 13.4. The Kier molecular flexibility index (Phi) is 5.00. The van der Waals surface area contributed by atoms with Crippen LogP contribution in [-0.2, 0) is 11.2 Å². The van der Waals surface area contributed by atoms with Crippen LogP contribution in [0, 0.1) is 0 Å². The smallest absolute Gasteiger partial charge is 0.225 e. The number of hydrogen-bond acceptors (Lipinski definition) is 6. The topological polar surface area (TPSA) is 91.2 Å². The molecule has 0 bridgehead atoms. The molecule has 1 fully saturated rings. The molecule has 0 spiro atoms. The summed E-state index contributed by atoms with van der Waals surface area (Å²) in [5, 5.41) is 13.6. The SMILES string of the molecule is O=C(Cc1cccnc1)NCC1(O)CCCN(c2ncccn2)C1. The maximum absolute atomic E-state index is 12.1. The first-order valence-corrected chi connectivity index (χ1v) is 8.05. The van der Waals surface area contributed by atoms with Crippen molar-refractivity contribution in [2.75, 3.05) is 24.5 Å². The quantitative estimate of drug-likeness (QED) is 0.834. The van der Waals surface area contributed by atoms with E-state index in [0.29, 0.717) is 18.9 Å². The van der Waals surface area contributed by atoms with Crippen molar-refractivity contribution in [3.63, 3.8) is 0 Å². The highest BCUT2D eigenvalue weighted by Gasteiger charge is 2.34. The van der Waals surface area contributed by atoms with Crippen LogP contribution in [0.3, 0.4) is 0 Å². The van der Waals surface area contributed by atoms with Gasteiger partial charge in [0.2, 0.25) is 11.9 Å². The number of carbonyl (C=O) groups excluding carboxylic acids is 1. The summed E-state index contributed by atoms with van der Waals surface area (Å²) in [6, 6.07) is 5.42. The van der Waals surface area contributed by atoms with Gasteiger partial charge in [0.15, 0.2) is 0 Å². The third-order valence-electron chi connectivity index (χ3n) is 4.09. The Morgan fingerprint density at radius 1 is 1.29 bits per heavy atom. The van der Waals surface area contributed by atoms with Crippen molar-refractivity contribution in [2.24, 2.45) is 0 Å². The summed E-state index contributed by atoms with van der Waals surface area (Å²) in [5.41, 5.74) is -0.118. The van der Waals surface area contributed by atoms with Crippen LogP contribution in [0.2, 0.25) is 0 Å². The molecule has 1 saturated heterocycles. The normalized spacial score (nSPS) is 20.6. The van der Waals surface area contributed by atoms with Crippen molar-refractivity contribution in [1.29, 1.82) is 0 Å². The van der Waals surface area contributed by atoms with E-state index < -0.39 is 5.60 Å². The minimum absolute atomic E-state index is 0.121. The van der Waals surface area contributed by atoms with Gasteiger partial charge < -0.3 is 15.3 Å². The average molecular weight is 327 g/mol. The molecule has 2 aromatic rings. The summed E-state index contributed by atoms with van der Waals surface area (Å²) < 4.78 is 0. The fourth-order valence-electron chi connectivity index (χ4n) is 2.90. The summed E-state index contributed by atoms with van der Waals surface area (Å²) in [6.45, 7) is 1.43. The molecule has 0 saturated carbocycles. The number of carbonyl (C=O) groups is 1. The van der Waals surface area contributed by atoms with Gasteiger partial charge in [0.1, 0.15) is 0 Å². The number of hydrogen-bond donors (Lipinski definition) is 2. The summed E-state index contributed by atoms with van der Waals surface area (Å²) in [6.07, 6.45) is 8.44. The third-order valence-corrected chi connectivity index (χ3v) is 4.09. The fraction of sp³-hybridized carbons (Fsp3) is 0.412. The van der Waals surface area contributed by atoms with Crippen LogP contribution in [0.25, 0.3) is 0 Å². The fourth-order valence-corrected chi connectivity index (χ4v) is 2.90. The van der Waals surface area contributed by atoms with Gasteiger partial charge >= 0.3 is 0 Å². The molecule has 0 aliphatic carbocycles. The van der Waals surface area contributed by atoms with E-state index >= 15 is 0 Å². The van der Waals surface area contributed by atoms with E-state index in [1.807, 2.05) is 11.0 Å².